The Bertz CT molecular complexity index is 537. The van der Waals surface area contributed by atoms with Crippen molar-refractivity contribution in [2.75, 3.05) is 0 Å². The van der Waals surface area contributed by atoms with Gasteiger partial charge in [0.1, 0.15) is 0 Å². The molecular formula is C15H14Cl4N2. The van der Waals surface area contributed by atoms with Crippen LogP contribution in [0.25, 0.3) is 0 Å². The van der Waals surface area contributed by atoms with E-state index >= 15 is 0 Å². The lowest BCUT2D eigenvalue weighted by Crippen LogP contribution is -2.38. The SMILES string of the molecule is NNC(Cc1c(Cl)cccc1Cl)Cc1c(Cl)cccc1Cl. The number of halogens is 4. The van der Waals surface area contributed by atoms with Gasteiger partial charge in [-0.15, -0.1) is 0 Å². The molecule has 3 N–H and O–H groups in total. The lowest BCUT2D eigenvalue weighted by Gasteiger charge is -2.19. The Balaban J connectivity index is 2.21. The zero-order valence-corrected chi connectivity index (χ0v) is 14.1. The topological polar surface area (TPSA) is 38.0 Å². The van der Waals surface area contributed by atoms with Crippen LogP contribution in [-0.4, -0.2) is 6.04 Å². The lowest BCUT2D eigenvalue weighted by atomic mass is 9.99. The molecule has 0 aliphatic rings. The number of hydrazine groups is 1. The molecule has 0 radical (unpaired) electrons. The summed E-state index contributed by atoms with van der Waals surface area (Å²) in [5.41, 5.74) is 4.48. The van der Waals surface area contributed by atoms with Gasteiger partial charge in [-0.3, -0.25) is 11.3 Å². The van der Waals surface area contributed by atoms with E-state index in [4.69, 9.17) is 52.2 Å². The van der Waals surface area contributed by atoms with E-state index in [1.54, 1.807) is 24.3 Å². The zero-order valence-electron chi connectivity index (χ0n) is 11.0. The smallest absolute Gasteiger partial charge is 0.0453 e. The number of hydrogen-bond donors (Lipinski definition) is 2. The Morgan fingerprint density at radius 1 is 0.762 bits per heavy atom. The second-order valence-corrected chi connectivity index (χ2v) is 6.30. The van der Waals surface area contributed by atoms with Gasteiger partial charge >= 0.3 is 0 Å². The van der Waals surface area contributed by atoms with Gasteiger partial charge in [-0.25, -0.2) is 0 Å². The quantitative estimate of drug-likeness (QED) is 0.584. The summed E-state index contributed by atoms with van der Waals surface area (Å²) in [6.45, 7) is 0. The Morgan fingerprint density at radius 2 is 1.10 bits per heavy atom. The fourth-order valence-electron chi connectivity index (χ4n) is 2.14. The molecule has 2 nitrogen and oxygen atoms in total. The van der Waals surface area contributed by atoms with Gasteiger partial charge in [0.2, 0.25) is 0 Å². The van der Waals surface area contributed by atoms with Gasteiger partial charge in [-0.1, -0.05) is 58.5 Å². The van der Waals surface area contributed by atoms with Crippen molar-refractivity contribution in [3.05, 3.63) is 67.6 Å². The summed E-state index contributed by atoms with van der Waals surface area (Å²) in [4.78, 5) is 0. The average molecular weight is 364 g/mol. The normalized spacial score (nSPS) is 11.1. The number of nitrogens with one attached hydrogen (secondary N) is 1. The molecule has 0 bridgehead atoms. The minimum Gasteiger partial charge on any atom is -0.271 e. The highest BCUT2D eigenvalue weighted by atomic mass is 35.5. The highest BCUT2D eigenvalue weighted by molar-refractivity contribution is 6.36. The molecule has 0 aliphatic heterocycles. The zero-order chi connectivity index (χ0) is 15.4. The molecule has 0 spiro atoms. The van der Waals surface area contributed by atoms with E-state index in [1.807, 2.05) is 12.1 Å². The number of hydrogen-bond acceptors (Lipinski definition) is 2. The molecule has 21 heavy (non-hydrogen) atoms. The monoisotopic (exact) mass is 362 g/mol. The van der Waals surface area contributed by atoms with Gasteiger partial charge in [0.25, 0.3) is 0 Å². The number of nitrogens with two attached hydrogens (primary N) is 1. The van der Waals surface area contributed by atoms with Gasteiger partial charge in [0, 0.05) is 26.1 Å². The van der Waals surface area contributed by atoms with Crippen LogP contribution in [0.3, 0.4) is 0 Å². The van der Waals surface area contributed by atoms with Gasteiger partial charge in [0.05, 0.1) is 0 Å². The lowest BCUT2D eigenvalue weighted by molar-refractivity contribution is 0.523. The molecule has 2 rings (SSSR count). The average Bonchev–Trinajstić information content (AvgIpc) is 2.45. The summed E-state index contributed by atoms with van der Waals surface area (Å²) in [6, 6.07) is 10.8. The third-order valence-electron chi connectivity index (χ3n) is 3.26. The van der Waals surface area contributed by atoms with Gasteiger partial charge in [-0.05, 0) is 48.2 Å². The molecule has 0 amide bonds. The molecule has 0 unspecified atom stereocenters. The van der Waals surface area contributed by atoms with E-state index in [-0.39, 0.29) is 6.04 Å². The molecule has 0 saturated heterocycles. The molecule has 0 atom stereocenters. The highest BCUT2D eigenvalue weighted by Crippen LogP contribution is 2.29. The summed E-state index contributed by atoms with van der Waals surface area (Å²) >= 11 is 24.8. The predicted molar refractivity (Wildman–Crippen MR) is 91.4 cm³/mol. The van der Waals surface area contributed by atoms with E-state index in [0.29, 0.717) is 32.9 Å². The number of benzene rings is 2. The third kappa shape index (κ3) is 4.26. The maximum atomic E-state index is 6.19. The molecule has 2 aromatic carbocycles. The minimum absolute atomic E-state index is 0.0835. The summed E-state index contributed by atoms with van der Waals surface area (Å²) in [5, 5.41) is 2.47. The fraction of sp³-hybridized carbons (Fsp3) is 0.200. The molecule has 0 aliphatic carbocycles. The van der Waals surface area contributed by atoms with Crippen LogP contribution in [0.2, 0.25) is 20.1 Å². The van der Waals surface area contributed by atoms with Gasteiger partial charge < -0.3 is 0 Å². The molecule has 0 aromatic heterocycles. The van der Waals surface area contributed by atoms with Crippen LogP contribution < -0.4 is 11.3 Å². The summed E-state index contributed by atoms with van der Waals surface area (Å²) in [6.07, 6.45) is 1.16. The van der Waals surface area contributed by atoms with E-state index in [0.717, 1.165) is 11.1 Å². The fourth-order valence-corrected chi connectivity index (χ4v) is 3.24. The Kier molecular flexibility index (Phi) is 6.18. The second kappa shape index (κ2) is 7.68. The Morgan fingerprint density at radius 3 is 1.38 bits per heavy atom. The first-order valence-corrected chi connectivity index (χ1v) is 7.86. The molecule has 2 aromatic rings. The maximum absolute atomic E-state index is 6.19. The van der Waals surface area contributed by atoms with Crippen LogP contribution in [0.1, 0.15) is 11.1 Å². The maximum Gasteiger partial charge on any atom is 0.0453 e. The van der Waals surface area contributed by atoms with Crippen molar-refractivity contribution in [3.63, 3.8) is 0 Å². The van der Waals surface area contributed by atoms with Crippen molar-refractivity contribution in [1.82, 2.24) is 5.43 Å². The summed E-state index contributed by atoms with van der Waals surface area (Å²) in [7, 11) is 0. The van der Waals surface area contributed by atoms with E-state index in [1.165, 1.54) is 0 Å². The van der Waals surface area contributed by atoms with Crippen LogP contribution in [0, 0.1) is 0 Å². The van der Waals surface area contributed by atoms with Crippen molar-refractivity contribution >= 4 is 46.4 Å². The van der Waals surface area contributed by atoms with Crippen LogP contribution >= 0.6 is 46.4 Å². The van der Waals surface area contributed by atoms with Gasteiger partial charge in [0.15, 0.2) is 0 Å². The van der Waals surface area contributed by atoms with Crippen molar-refractivity contribution in [1.29, 1.82) is 0 Å². The van der Waals surface area contributed by atoms with Crippen molar-refractivity contribution in [2.45, 2.75) is 18.9 Å². The molecule has 0 heterocycles. The Hall–Kier alpha value is -0.480. The molecule has 0 fully saturated rings. The Labute approximate surface area is 144 Å². The predicted octanol–water partition coefficient (Wildman–Crippen LogP) is 4.92. The molecule has 112 valence electrons. The van der Waals surface area contributed by atoms with Gasteiger partial charge in [-0.2, -0.15) is 0 Å². The van der Waals surface area contributed by atoms with Crippen molar-refractivity contribution < 1.29 is 0 Å². The second-order valence-electron chi connectivity index (χ2n) is 4.67. The first-order valence-electron chi connectivity index (χ1n) is 6.34. The standard InChI is InChI=1S/C15H14Cl4N2/c16-12-3-1-4-13(17)10(12)7-9(21-20)8-11-14(18)5-2-6-15(11)19/h1-6,9,21H,7-8,20H2. The van der Waals surface area contributed by atoms with E-state index < -0.39 is 0 Å². The third-order valence-corrected chi connectivity index (χ3v) is 4.68. The summed E-state index contributed by atoms with van der Waals surface area (Å²) < 4.78 is 0. The van der Waals surface area contributed by atoms with E-state index in [2.05, 4.69) is 5.43 Å². The first kappa shape index (κ1) is 16.9. The van der Waals surface area contributed by atoms with Crippen LogP contribution in [-0.2, 0) is 12.8 Å². The van der Waals surface area contributed by atoms with E-state index in [9.17, 15) is 0 Å². The van der Waals surface area contributed by atoms with Crippen LogP contribution in [0.5, 0.6) is 0 Å². The highest BCUT2D eigenvalue weighted by Gasteiger charge is 2.16. The van der Waals surface area contributed by atoms with Crippen LogP contribution in [0.15, 0.2) is 36.4 Å². The van der Waals surface area contributed by atoms with Crippen molar-refractivity contribution in [3.8, 4) is 0 Å². The minimum atomic E-state index is -0.0835. The summed E-state index contributed by atoms with van der Waals surface area (Å²) in [5.74, 6) is 5.65. The first-order chi connectivity index (χ1) is 10.0. The van der Waals surface area contributed by atoms with Crippen LogP contribution in [0.4, 0.5) is 0 Å². The molecule has 6 heteroatoms. The number of rotatable bonds is 5. The molecule has 0 saturated carbocycles. The largest absolute Gasteiger partial charge is 0.271 e. The van der Waals surface area contributed by atoms with Crippen molar-refractivity contribution in [2.24, 2.45) is 5.84 Å². The molecular weight excluding hydrogens is 350 g/mol.